The number of amides is 1. The molecular weight excluding hydrogens is 296 g/mol. The topological polar surface area (TPSA) is 81.4 Å². The van der Waals surface area contributed by atoms with Gasteiger partial charge in [-0.25, -0.2) is 0 Å². The first kappa shape index (κ1) is 13.4. The van der Waals surface area contributed by atoms with Crippen molar-refractivity contribution in [3.8, 4) is 11.5 Å². The van der Waals surface area contributed by atoms with Crippen molar-refractivity contribution in [1.29, 1.82) is 0 Å². The summed E-state index contributed by atoms with van der Waals surface area (Å²) in [5.74, 6) is 1.07. The number of furan rings is 2. The smallest absolute Gasteiger partial charge is 0.287 e. The molecule has 3 aromatic heterocycles. The van der Waals surface area contributed by atoms with Crippen molar-refractivity contribution in [2.45, 2.75) is 6.54 Å². The molecule has 3 heterocycles. The van der Waals surface area contributed by atoms with E-state index in [-0.39, 0.29) is 18.2 Å². The first-order valence-electron chi connectivity index (χ1n) is 7.06. The molecule has 0 fully saturated rings. The average Bonchev–Trinajstić information content (AvgIpc) is 3.31. The van der Waals surface area contributed by atoms with Gasteiger partial charge in [-0.05, 0) is 24.3 Å². The molecule has 1 amide bonds. The maximum atomic E-state index is 12.1. The number of carbonyl (C=O) groups is 1. The molecule has 0 bridgehead atoms. The molecule has 6 heteroatoms. The van der Waals surface area contributed by atoms with Gasteiger partial charge in [0, 0.05) is 11.5 Å². The molecule has 0 atom stereocenters. The Morgan fingerprint density at radius 2 is 2.00 bits per heavy atom. The molecular formula is C17H12N2O4. The first-order chi connectivity index (χ1) is 11.3. The number of fused-ring (bicyclic) bond motifs is 1. The Morgan fingerprint density at radius 1 is 1.09 bits per heavy atom. The third kappa shape index (κ3) is 2.62. The average molecular weight is 308 g/mol. The molecule has 0 unspecified atom stereocenters. The van der Waals surface area contributed by atoms with Gasteiger partial charge in [-0.3, -0.25) is 4.79 Å². The zero-order valence-corrected chi connectivity index (χ0v) is 12.0. The second kappa shape index (κ2) is 5.49. The molecule has 4 aromatic rings. The van der Waals surface area contributed by atoms with Crippen molar-refractivity contribution in [3.63, 3.8) is 0 Å². The van der Waals surface area contributed by atoms with E-state index in [1.54, 1.807) is 30.5 Å². The summed E-state index contributed by atoms with van der Waals surface area (Å²) in [4.78, 5) is 12.1. The van der Waals surface area contributed by atoms with Crippen molar-refractivity contribution < 1.29 is 18.2 Å². The van der Waals surface area contributed by atoms with Gasteiger partial charge in [-0.15, -0.1) is 0 Å². The monoisotopic (exact) mass is 308 g/mol. The van der Waals surface area contributed by atoms with Gasteiger partial charge in [0.05, 0.1) is 12.8 Å². The molecule has 0 saturated carbocycles. The van der Waals surface area contributed by atoms with Crippen LogP contribution in [-0.2, 0) is 6.54 Å². The summed E-state index contributed by atoms with van der Waals surface area (Å²) in [6.45, 7) is 0.236. The Kier molecular flexibility index (Phi) is 3.20. The number of nitrogens with one attached hydrogen (secondary N) is 1. The van der Waals surface area contributed by atoms with Gasteiger partial charge >= 0.3 is 0 Å². The lowest BCUT2D eigenvalue weighted by Gasteiger charge is -1.98. The Labute approximate surface area is 130 Å². The van der Waals surface area contributed by atoms with E-state index in [1.165, 1.54) is 0 Å². The van der Waals surface area contributed by atoms with Crippen LogP contribution in [0.4, 0.5) is 0 Å². The highest BCUT2D eigenvalue weighted by atomic mass is 16.5. The molecule has 0 saturated heterocycles. The van der Waals surface area contributed by atoms with E-state index < -0.39 is 0 Å². The van der Waals surface area contributed by atoms with Gasteiger partial charge in [0.25, 0.3) is 5.91 Å². The quantitative estimate of drug-likeness (QED) is 0.623. The van der Waals surface area contributed by atoms with Gasteiger partial charge in [-0.1, -0.05) is 23.4 Å². The van der Waals surface area contributed by atoms with Gasteiger partial charge in [-0.2, -0.15) is 0 Å². The van der Waals surface area contributed by atoms with Crippen molar-refractivity contribution in [2.24, 2.45) is 0 Å². The Hall–Kier alpha value is -3.28. The van der Waals surface area contributed by atoms with Gasteiger partial charge in [0.15, 0.2) is 11.5 Å². The minimum atomic E-state index is -0.302. The molecule has 114 valence electrons. The number of rotatable bonds is 4. The number of aromatic nitrogens is 1. The van der Waals surface area contributed by atoms with Crippen molar-refractivity contribution >= 4 is 16.9 Å². The van der Waals surface area contributed by atoms with Crippen LogP contribution in [-0.4, -0.2) is 11.1 Å². The third-order valence-electron chi connectivity index (χ3n) is 3.40. The van der Waals surface area contributed by atoms with Crippen molar-refractivity contribution in [2.75, 3.05) is 0 Å². The second-order valence-corrected chi connectivity index (χ2v) is 4.99. The standard InChI is InChI=1S/C17H12N2O4/c20-17(16-8-11-4-1-2-5-13(11)22-16)18-10-12-9-15(23-19-12)14-6-3-7-21-14/h1-9H,10H2,(H,18,20). The van der Waals surface area contributed by atoms with Crippen LogP contribution in [0.5, 0.6) is 0 Å². The number of hydrogen-bond acceptors (Lipinski definition) is 5. The van der Waals surface area contributed by atoms with Crippen LogP contribution in [0.1, 0.15) is 16.2 Å². The van der Waals surface area contributed by atoms with Crippen molar-refractivity contribution in [1.82, 2.24) is 10.5 Å². The molecule has 6 nitrogen and oxygen atoms in total. The van der Waals surface area contributed by atoms with Gasteiger partial charge in [0.1, 0.15) is 11.3 Å². The number of benzene rings is 1. The summed E-state index contributed by atoms with van der Waals surface area (Å²) in [7, 11) is 0. The summed E-state index contributed by atoms with van der Waals surface area (Å²) in [5, 5.41) is 7.54. The first-order valence-corrected chi connectivity index (χ1v) is 7.06. The summed E-state index contributed by atoms with van der Waals surface area (Å²) in [6.07, 6.45) is 1.56. The Bertz CT molecular complexity index is 917. The largest absolute Gasteiger partial charge is 0.461 e. The van der Waals surface area contributed by atoms with Crippen LogP contribution in [0.2, 0.25) is 0 Å². The zero-order valence-electron chi connectivity index (χ0n) is 12.0. The second-order valence-electron chi connectivity index (χ2n) is 4.99. The highest BCUT2D eigenvalue weighted by molar-refractivity contribution is 5.95. The summed E-state index contributed by atoms with van der Waals surface area (Å²) in [5.41, 5.74) is 1.28. The normalized spacial score (nSPS) is 11.0. The van der Waals surface area contributed by atoms with E-state index in [9.17, 15) is 4.79 Å². The van der Waals surface area contributed by atoms with Gasteiger partial charge < -0.3 is 18.7 Å². The van der Waals surface area contributed by atoms with Crippen LogP contribution in [0, 0.1) is 0 Å². The minimum absolute atomic E-state index is 0.236. The Morgan fingerprint density at radius 3 is 2.83 bits per heavy atom. The Balaban J connectivity index is 1.45. The predicted octanol–water partition coefficient (Wildman–Crippen LogP) is 3.61. The van der Waals surface area contributed by atoms with E-state index in [0.29, 0.717) is 22.8 Å². The third-order valence-corrected chi connectivity index (χ3v) is 3.40. The zero-order chi connectivity index (χ0) is 15.6. The fourth-order valence-electron chi connectivity index (χ4n) is 2.28. The minimum Gasteiger partial charge on any atom is -0.461 e. The molecule has 0 aliphatic rings. The van der Waals surface area contributed by atoms with Crippen LogP contribution in [0.15, 0.2) is 68.2 Å². The maximum Gasteiger partial charge on any atom is 0.287 e. The van der Waals surface area contributed by atoms with Crippen LogP contribution in [0.3, 0.4) is 0 Å². The van der Waals surface area contributed by atoms with E-state index in [0.717, 1.165) is 5.39 Å². The van der Waals surface area contributed by atoms with Crippen LogP contribution in [0.25, 0.3) is 22.5 Å². The highest BCUT2D eigenvalue weighted by Gasteiger charge is 2.14. The number of nitrogens with zero attached hydrogens (tertiary/aromatic N) is 1. The highest BCUT2D eigenvalue weighted by Crippen LogP contribution is 2.21. The SMILES string of the molecule is O=C(NCc1cc(-c2ccco2)on1)c1cc2ccccc2o1. The lowest BCUT2D eigenvalue weighted by molar-refractivity contribution is 0.0924. The molecule has 23 heavy (non-hydrogen) atoms. The maximum absolute atomic E-state index is 12.1. The molecule has 1 aromatic carbocycles. The summed E-state index contributed by atoms with van der Waals surface area (Å²) >= 11 is 0. The fourth-order valence-corrected chi connectivity index (χ4v) is 2.28. The van der Waals surface area contributed by atoms with E-state index in [1.807, 2.05) is 24.3 Å². The van der Waals surface area contributed by atoms with Crippen LogP contribution >= 0.6 is 0 Å². The summed E-state index contributed by atoms with van der Waals surface area (Å²) in [6, 6.07) is 14.4. The molecule has 0 spiro atoms. The number of hydrogen-bond donors (Lipinski definition) is 1. The van der Waals surface area contributed by atoms with E-state index in [2.05, 4.69) is 10.5 Å². The van der Waals surface area contributed by atoms with Gasteiger partial charge in [0.2, 0.25) is 5.76 Å². The van der Waals surface area contributed by atoms with E-state index >= 15 is 0 Å². The summed E-state index contributed by atoms with van der Waals surface area (Å²) < 4.78 is 15.9. The molecule has 0 radical (unpaired) electrons. The van der Waals surface area contributed by atoms with Crippen molar-refractivity contribution in [3.05, 3.63) is 66.2 Å². The number of para-hydroxylation sites is 1. The van der Waals surface area contributed by atoms with E-state index in [4.69, 9.17) is 13.4 Å². The lowest BCUT2D eigenvalue weighted by Crippen LogP contribution is -2.22. The fraction of sp³-hybridized carbons (Fsp3) is 0.0588. The lowest BCUT2D eigenvalue weighted by atomic mass is 10.2. The number of carbonyl (C=O) groups excluding carboxylic acids is 1. The molecule has 0 aliphatic carbocycles. The van der Waals surface area contributed by atoms with Crippen LogP contribution < -0.4 is 5.32 Å². The predicted molar refractivity (Wildman–Crippen MR) is 81.6 cm³/mol. The molecule has 4 rings (SSSR count). The molecule has 0 aliphatic heterocycles. The molecule has 1 N–H and O–H groups in total.